The van der Waals surface area contributed by atoms with Gasteiger partial charge in [-0.2, -0.15) is 10.2 Å². The van der Waals surface area contributed by atoms with Crippen molar-refractivity contribution in [2.75, 3.05) is 0 Å². The van der Waals surface area contributed by atoms with Crippen LogP contribution in [0, 0.1) is 0 Å². The van der Waals surface area contributed by atoms with Crippen LogP contribution in [0.1, 0.15) is 17.7 Å². The number of aryl methyl sites for hydroxylation is 1. The first-order chi connectivity index (χ1) is 10.5. The van der Waals surface area contributed by atoms with Crippen molar-refractivity contribution in [3.63, 3.8) is 0 Å². The molecule has 114 valence electrons. The first-order valence-electron chi connectivity index (χ1n) is 6.30. The highest BCUT2D eigenvalue weighted by Crippen LogP contribution is 2.09. The Morgan fingerprint density at radius 2 is 2.23 bits per heavy atom. The molecule has 0 saturated carbocycles. The highest BCUT2D eigenvalue weighted by molar-refractivity contribution is 9.10. The minimum absolute atomic E-state index is 0.0257. The van der Waals surface area contributed by atoms with E-state index in [-0.39, 0.29) is 24.4 Å². The van der Waals surface area contributed by atoms with Crippen molar-refractivity contribution in [1.29, 1.82) is 0 Å². The Kier molecular flexibility index (Phi) is 5.37. The van der Waals surface area contributed by atoms with E-state index in [4.69, 9.17) is 0 Å². The first-order valence-corrected chi connectivity index (χ1v) is 7.09. The molecule has 0 aliphatic carbocycles. The molecule has 0 saturated heterocycles. The van der Waals surface area contributed by atoms with E-state index in [2.05, 4.69) is 36.7 Å². The summed E-state index contributed by atoms with van der Waals surface area (Å²) in [5.41, 5.74) is 1.98. The standard InChI is InChI=1S/C13H12BrN5O3/c14-9-3-1-2-8(6-9)7-15-18-11(20)5-4-10-12(21)16-13(22)19-17-10/h1-3,6-7H,4-5H2,(H,18,20)(H2,16,19,21,22)/b15-7-. The third kappa shape index (κ3) is 4.77. The molecule has 8 nitrogen and oxygen atoms in total. The van der Waals surface area contributed by atoms with Crippen LogP contribution in [0.15, 0.2) is 43.4 Å². The number of nitrogens with one attached hydrogen (secondary N) is 3. The third-order valence-corrected chi connectivity index (χ3v) is 3.12. The Morgan fingerprint density at radius 1 is 1.41 bits per heavy atom. The zero-order chi connectivity index (χ0) is 15.9. The van der Waals surface area contributed by atoms with Gasteiger partial charge in [0.1, 0.15) is 5.69 Å². The van der Waals surface area contributed by atoms with E-state index >= 15 is 0 Å². The van der Waals surface area contributed by atoms with Crippen LogP contribution >= 0.6 is 15.9 Å². The van der Waals surface area contributed by atoms with Crippen LogP contribution in [0.25, 0.3) is 0 Å². The number of aromatic amines is 2. The number of hydrogen-bond donors (Lipinski definition) is 3. The quantitative estimate of drug-likeness (QED) is 0.521. The highest BCUT2D eigenvalue weighted by atomic mass is 79.9. The summed E-state index contributed by atoms with van der Waals surface area (Å²) in [6, 6.07) is 7.41. The van der Waals surface area contributed by atoms with Crippen molar-refractivity contribution in [3.05, 3.63) is 60.8 Å². The number of H-pyrrole nitrogens is 2. The first kappa shape index (κ1) is 15.8. The van der Waals surface area contributed by atoms with E-state index in [1.165, 1.54) is 6.21 Å². The number of rotatable bonds is 5. The number of hydrogen-bond acceptors (Lipinski definition) is 5. The fourth-order valence-electron chi connectivity index (χ4n) is 1.60. The zero-order valence-corrected chi connectivity index (χ0v) is 12.9. The Bertz CT molecular complexity index is 812. The van der Waals surface area contributed by atoms with Crippen LogP contribution in [-0.2, 0) is 11.2 Å². The molecule has 2 rings (SSSR count). The molecular weight excluding hydrogens is 354 g/mol. The monoisotopic (exact) mass is 365 g/mol. The number of nitrogens with zero attached hydrogens (tertiary/aromatic N) is 2. The fourth-order valence-corrected chi connectivity index (χ4v) is 2.01. The van der Waals surface area contributed by atoms with Gasteiger partial charge in [-0.15, -0.1) is 0 Å². The average molecular weight is 366 g/mol. The number of halogens is 1. The summed E-state index contributed by atoms with van der Waals surface area (Å²) in [6.45, 7) is 0. The number of carbonyl (C=O) groups is 1. The largest absolute Gasteiger partial charge is 0.342 e. The van der Waals surface area contributed by atoms with Crippen LogP contribution in [-0.4, -0.2) is 27.3 Å². The second kappa shape index (κ2) is 7.46. The molecule has 22 heavy (non-hydrogen) atoms. The lowest BCUT2D eigenvalue weighted by Crippen LogP contribution is -2.28. The SMILES string of the molecule is O=C(CCc1n[nH]c(=O)[nH]c1=O)N/N=C\c1cccc(Br)c1. The summed E-state index contributed by atoms with van der Waals surface area (Å²) >= 11 is 3.33. The number of carbonyl (C=O) groups excluding carboxylic acids is 1. The summed E-state index contributed by atoms with van der Waals surface area (Å²) in [7, 11) is 0. The predicted molar refractivity (Wildman–Crippen MR) is 83.7 cm³/mol. The number of aromatic nitrogens is 3. The van der Waals surface area contributed by atoms with Gasteiger partial charge in [-0.25, -0.2) is 15.3 Å². The molecule has 0 unspecified atom stereocenters. The van der Waals surface area contributed by atoms with Crippen LogP contribution in [0.4, 0.5) is 0 Å². The van der Waals surface area contributed by atoms with E-state index in [9.17, 15) is 14.4 Å². The fraction of sp³-hybridized carbons (Fsp3) is 0.154. The number of benzene rings is 1. The van der Waals surface area contributed by atoms with Gasteiger partial charge in [0.05, 0.1) is 6.21 Å². The third-order valence-electron chi connectivity index (χ3n) is 2.62. The Morgan fingerprint density at radius 3 is 2.95 bits per heavy atom. The van der Waals surface area contributed by atoms with Crippen molar-refractivity contribution in [2.45, 2.75) is 12.8 Å². The predicted octanol–water partition coefficient (Wildman–Crippen LogP) is 0.304. The molecule has 1 aromatic heterocycles. The number of hydrazone groups is 1. The van der Waals surface area contributed by atoms with E-state index in [0.29, 0.717) is 0 Å². The maximum Gasteiger partial charge on any atom is 0.342 e. The van der Waals surface area contributed by atoms with Crippen molar-refractivity contribution >= 4 is 28.1 Å². The molecule has 1 aromatic carbocycles. The lowest BCUT2D eigenvalue weighted by atomic mass is 10.2. The smallest absolute Gasteiger partial charge is 0.273 e. The van der Waals surface area contributed by atoms with Gasteiger partial charge >= 0.3 is 5.69 Å². The minimum Gasteiger partial charge on any atom is -0.273 e. The maximum absolute atomic E-state index is 11.6. The van der Waals surface area contributed by atoms with Crippen LogP contribution in [0.5, 0.6) is 0 Å². The molecule has 3 N–H and O–H groups in total. The second-order valence-electron chi connectivity index (χ2n) is 4.30. The molecule has 0 fully saturated rings. The normalized spacial score (nSPS) is 10.8. The summed E-state index contributed by atoms with van der Waals surface area (Å²) in [4.78, 5) is 35.8. The van der Waals surface area contributed by atoms with Crippen LogP contribution in [0.2, 0.25) is 0 Å². The summed E-state index contributed by atoms with van der Waals surface area (Å²) < 4.78 is 0.908. The molecular formula is C13H12BrN5O3. The van der Waals surface area contributed by atoms with Crippen molar-refractivity contribution < 1.29 is 4.79 Å². The molecule has 1 amide bonds. The molecule has 0 spiro atoms. The minimum atomic E-state index is -0.683. The molecule has 0 aliphatic heterocycles. The van der Waals surface area contributed by atoms with Crippen molar-refractivity contribution in [1.82, 2.24) is 20.6 Å². The molecule has 1 heterocycles. The summed E-state index contributed by atoms with van der Waals surface area (Å²) in [6.07, 6.45) is 1.63. The maximum atomic E-state index is 11.6. The molecule has 0 radical (unpaired) electrons. The molecule has 9 heteroatoms. The van der Waals surface area contributed by atoms with Crippen molar-refractivity contribution in [2.24, 2.45) is 5.10 Å². The summed E-state index contributed by atoms with van der Waals surface area (Å²) in [5, 5.41) is 9.51. The lowest BCUT2D eigenvalue weighted by Gasteiger charge is -1.99. The van der Waals surface area contributed by atoms with Crippen molar-refractivity contribution in [3.8, 4) is 0 Å². The van der Waals surface area contributed by atoms with Gasteiger partial charge in [0, 0.05) is 17.3 Å². The molecule has 0 aliphatic rings. The topological polar surface area (TPSA) is 120 Å². The molecule has 0 atom stereocenters. The van der Waals surface area contributed by atoms with Gasteiger partial charge < -0.3 is 0 Å². The van der Waals surface area contributed by atoms with E-state index in [1.807, 2.05) is 29.2 Å². The zero-order valence-electron chi connectivity index (χ0n) is 11.3. The second-order valence-corrected chi connectivity index (χ2v) is 5.22. The number of amides is 1. The van der Waals surface area contributed by atoms with Gasteiger partial charge in [-0.3, -0.25) is 14.6 Å². The van der Waals surface area contributed by atoms with Crippen LogP contribution in [0.3, 0.4) is 0 Å². The Labute approximate surface area is 132 Å². The summed E-state index contributed by atoms with van der Waals surface area (Å²) in [5.74, 6) is -0.362. The van der Waals surface area contributed by atoms with Gasteiger partial charge in [-0.1, -0.05) is 28.1 Å². The Balaban J connectivity index is 1.85. The molecule has 0 bridgehead atoms. The van der Waals surface area contributed by atoms with E-state index < -0.39 is 11.2 Å². The Hall–Kier alpha value is -2.55. The van der Waals surface area contributed by atoms with Gasteiger partial charge in [-0.05, 0) is 17.7 Å². The van der Waals surface area contributed by atoms with Gasteiger partial charge in [0.15, 0.2) is 0 Å². The van der Waals surface area contributed by atoms with Gasteiger partial charge in [0.2, 0.25) is 5.91 Å². The van der Waals surface area contributed by atoms with E-state index in [1.54, 1.807) is 0 Å². The highest BCUT2D eigenvalue weighted by Gasteiger charge is 2.06. The van der Waals surface area contributed by atoms with Crippen LogP contribution < -0.4 is 16.7 Å². The lowest BCUT2D eigenvalue weighted by molar-refractivity contribution is -0.121. The average Bonchev–Trinajstić information content (AvgIpc) is 2.46. The molecule has 2 aromatic rings. The van der Waals surface area contributed by atoms with E-state index in [0.717, 1.165) is 10.0 Å². The van der Waals surface area contributed by atoms with Gasteiger partial charge in [0.25, 0.3) is 5.56 Å².